The van der Waals surface area contributed by atoms with Crippen LogP contribution in [-0.4, -0.2) is 79.2 Å². The lowest BCUT2D eigenvalue weighted by Crippen LogP contribution is -2.52. The molecule has 0 aliphatic carbocycles. The Morgan fingerprint density at radius 2 is 1.87 bits per heavy atom. The second-order valence-corrected chi connectivity index (χ2v) is 7.28. The number of ether oxygens (including phenoxy) is 2. The van der Waals surface area contributed by atoms with E-state index >= 15 is 0 Å². The molecule has 1 aliphatic rings. The van der Waals surface area contributed by atoms with Crippen LogP contribution in [0, 0.1) is 6.92 Å². The SMILES string of the molecule is COCCCNC(=NCc1nnc(C)n1C)N1CCN(c2ccccc2OC)CC1.I. The molecule has 9 nitrogen and oxygen atoms in total. The van der Waals surface area contributed by atoms with Gasteiger partial charge >= 0.3 is 0 Å². The normalized spacial score (nSPS) is 14.4. The zero-order chi connectivity index (χ0) is 21.3. The molecular formula is C21H34IN7O2. The Balaban J connectivity index is 0.00000341. The predicted molar refractivity (Wildman–Crippen MR) is 134 cm³/mol. The lowest BCUT2D eigenvalue weighted by Gasteiger charge is -2.38. The first-order chi connectivity index (χ1) is 14.6. The molecule has 0 radical (unpaired) electrons. The van der Waals surface area contributed by atoms with Crippen molar-refractivity contribution in [2.75, 3.05) is 58.5 Å². The van der Waals surface area contributed by atoms with Crippen molar-refractivity contribution in [3.63, 3.8) is 0 Å². The van der Waals surface area contributed by atoms with Crippen LogP contribution in [0.4, 0.5) is 5.69 Å². The minimum absolute atomic E-state index is 0. The molecule has 1 aromatic carbocycles. The maximum Gasteiger partial charge on any atom is 0.194 e. The van der Waals surface area contributed by atoms with Crippen molar-refractivity contribution in [3.05, 3.63) is 35.9 Å². The molecule has 0 bridgehead atoms. The molecule has 1 aromatic heterocycles. The minimum Gasteiger partial charge on any atom is -0.495 e. The number of methoxy groups -OCH3 is 2. The maximum absolute atomic E-state index is 5.53. The lowest BCUT2D eigenvalue weighted by atomic mass is 10.2. The molecular weight excluding hydrogens is 509 g/mol. The summed E-state index contributed by atoms with van der Waals surface area (Å²) in [6.45, 7) is 7.56. The van der Waals surface area contributed by atoms with Crippen molar-refractivity contribution < 1.29 is 9.47 Å². The molecule has 31 heavy (non-hydrogen) atoms. The number of hydrogen-bond donors (Lipinski definition) is 1. The molecule has 0 atom stereocenters. The Kier molecular flexibility index (Phi) is 10.3. The van der Waals surface area contributed by atoms with Gasteiger partial charge < -0.3 is 29.2 Å². The Morgan fingerprint density at radius 3 is 2.52 bits per heavy atom. The summed E-state index contributed by atoms with van der Waals surface area (Å²) in [5, 5.41) is 11.9. The average molecular weight is 543 g/mol. The highest BCUT2D eigenvalue weighted by molar-refractivity contribution is 14.0. The summed E-state index contributed by atoms with van der Waals surface area (Å²) >= 11 is 0. The van der Waals surface area contributed by atoms with Gasteiger partial charge in [-0.3, -0.25) is 0 Å². The number of aryl methyl sites for hydroxylation is 1. The topological polar surface area (TPSA) is 80.0 Å². The number of halogens is 1. The summed E-state index contributed by atoms with van der Waals surface area (Å²) in [5.41, 5.74) is 1.14. The third-order valence-corrected chi connectivity index (χ3v) is 5.37. The number of rotatable bonds is 8. The van der Waals surface area contributed by atoms with E-state index in [0.717, 1.165) is 74.8 Å². The molecule has 2 aromatic rings. The molecule has 1 saturated heterocycles. The van der Waals surface area contributed by atoms with E-state index in [1.165, 1.54) is 0 Å². The van der Waals surface area contributed by atoms with Crippen molar-refractivity contribution in [3.8, 4) is 5.75 Å². The molecule has 0 saturated carbocycles. The van der Waals surface area contributed by atoms with Gasteiger partial charge in [-0.1, -0.05) is 12.1 Å². The Bertz CT molecular complexity index is 835. The van der Waals surface area contributed by atoms with Crippen molar-refractivity contribution in [1.82, 2.24) is 25.0 Å². The van der Waals surface area contributed by atoms with Gasteiger partial charge in [0.25, 0.3) is 0 Å². The first-order valence-electron chi connectivity index (χ1n) is 10.4. The van der Waals surface area contributed by atoms with E-state index in [0.29, 0.717) is 6.54 Å². The summed E-state index contributed by atoms with van der Waals surface area (Å²) in [6.07, 6.45) is 0.930. The van der Waals surface area contributed by atoms with E-state index in [9.17, 15) is 0 Å². The summed E-state index contributed by atoms with van der Waals surface area (Å²) in [6, 6.07) is 8.18. The van der Waals surface area contributed by atoms with Crippen LogP contribution < -0.4 is 15.0 Å². The molecule has 0 spiro atoms. The number of guanidine groups is 1. The minimum atomic E-state index is 0. The number of benzene rings is 1. The van der Waals surface area contributed by atoms with Crippen LogP contribution in [0.3, 0.4) is 0 Å². The molecule has 172 valence electrons. The van der Waals surface area contributed by atoms with Crippen molar-refractivity contribution in [2.45, 2.75) is 19.9 Å². The van der Waals surface area contributed by atoms with E-state index in [-0.39, 0.29) is 24.0 Å². The van der Waals surface area contributed by atoms with Gasteiger partial charge in [0.05, 0.1) is 12.8 Å². The number of nitrogens with zero attached hydrogens (tertiary/aromatic N) is 6. The Hall–Kier alpha value is -2.08. The van der Waals surface area contributed by atoms with Crippen LogP contribution in [0.15, 0.2) is 29.3 Å². The van der Waals surface area contributed by atoms with E-state index in [1.807, 2.05) is 30.7 Å². The Labute approximate surface area is 201 Å². The number of aromatic nitrogens is 3. The zero-order valence-electron chi connectivity index (χ0n) is 18.9. The van der Waals surface area contributed by atoms with Crippen molar-refractivity contribution in [2.24, 2.45) is 12.0 Å². The molecule has 2 heterocycles. The molecule has 0 unspecified atom stereocenters. The summed E-state index contributed by atoms with van der Waals surface area (Å²) in [7, 11) is 5.42. The largest absolute Gasteiger partial charge is 0.495 e. The number of anilines is 1. The highest BCUT2D eigenvalue weighted by Crippen LogP contribution is 2.28. The van der Waals surface area contributed by atoms with Gasteiger partial charge in [0.15, 0.2) is 11.8 Å². The van der Waals surface area contributed by atoms with Gasteiger partial charge in [-0.25, -0.2) is 4.99 Å². The fourth-order valence-corrected chi connectivity index (χ4v) is 3.47. The Morgan fingerprint density at radius 1 is 1.13 bits per heavy atom. The fourth-order valence-electron chi connectivity index (χ4n) is 3.47. The van der Waals surface area contributed by atoms with Crippen LogP contribution >= 0.6 is 24.0 Å². The number of nitrogens with one attached hydrogen (secondary N) is 1. The van der Waals surface area contributed by atoms with Gasteiger partial charge in [0.1, 0.15) is 18.1 Å². The first kappa shape index (κ1) is 25.2. The van der Waals surface area contributed by atoms with Gasteiger partial charge in [-0.2, -0.15) is 0 Å². The van der Waals surface area contributed by atoms with Crippen LogP contribution in [-0.2, 0) is 18.3 Å². The third kappa shape index (κ3) is 6.70. The van der Waals surface area contributed by atoms with Gasteiger partial charge in [0.2, 0.25) is 0 Å². The van der Waals surface area contributed by atoms with Gasteiger partial charge in [0, 0.05) is 53.5 Å². The fraction of sp³-hybridized carbons (Fsp3) is 0.571. The molecule has 0 amide bonds. The predicted octanol–water partition coefficient (Wildman–Crippen LogP) is 2.05. The molecule has 1 aliphatic heterocycles. The number of hydrogen-bond acceptors (Lipinski definition) is 6. The first-order valence-corrected chi connectivity index (χ1v) is 10.4. The molecule has 1 N–H and O–H groups in total. The van der Waals surface area contributed by atoms with E-state index in [2.05, 4.69) is 37.4 Å². The maximum atomic E-state index is 5.53. The average Bonchev–Trinajstić information content (AvgIpc) is 3.11. The smallest absolute Gasteiger partial charge is 0.194 e. The van der Waals surface area contributed by atoms with E-state index < -0.39 is 0 Å². The van der Waals surface area contributed by atoms with Crippen molar-refractivity contribution in [1.29, 1.82) is 0 Å². The number of piperazine rings is 1. The van der Waals surface area contributed by atoms with E-state index in [4.69, 9.17) is 14.5 Å². The van der Waals surface area contributed by atoms with Crippen LogP contribution in [0.1, 0.15) is 18.1 Å². The van der Waals surface area contributed by atoms with Crippen LogP contribution in [0.25, 0.3) is 0 Å². The van der Waals surface area contributed by atoms with E-state index in [1.54, 1.807) is 14.2 Å². The number of aliphatic imine (C=N–C) groups is 1. The second-order valence-electron chi connectivity index (χ2n) is 7.28. The zero-order valence-corrected chi connectivity index (χ0v) is 21.2. The third-order valence-electron chi connectivity index (χ3n) is 5.37. The molecule has 10 heteroatoms. The second kappa shape index (κ2) is 12.7. The van der Waals surface area contributed by atoms with Crippen molar-refractivity contribution >= 4 is 35.6 Å². The quantitative estimate of drug-likeness (QED) is 0.236. The lowest BCUT2D eigenvalue weighted by molar-refractivity contribution is 0.195. The molecule has 3 rings (SSSR count). The van der Waals surface area contributed by atoms with Gasteiger partial charge in [-0.15, -0.1) is 34.2 Å². The number of para-hydroxylation sites is 2. The highest BCUT2D eigenvalue weighted by Gasteiger charge is 2.22. The molecule has 1 fully saturated rings. The van der Waals surface area contributed by atoms with Crippen LogP contribution in [0.2, 0.25) is 0 Å². The summed E-state index contributed by atoms with van der Waals surface area (Å²) < 4.78 is 12.7. The van der Waals surface area contributed by atoms with Gasteiger partial charge in [-0.05, 0) is 25.5 Å². The summed E-state index contributed by atoms with van der Waals surface area (Å²) in [5.74, 6) is 3.57. The monoisotopic (exact) mass is 543 g/mol. The summed E-state index contributed by atoms with van der Waals surface area (Å²) in [4.78, 5) is 9.52. The standard InChI is InChI=1S/C21H33N7O2.HI/c1-17-24-25-20(26(17)2)16-23-21(22-10-7-15-29-3)28-13-11-27(12-14-28)18-8-5-6-9-19(18)30-4;/h5-6,8-9H,7,10-16H2,1-4H3,(H,22,23);1H. The highest BCUT2D eigenvalue weighted by atomic mass is 127. The van der Waals surface area contributed by atoms with Crippen LogP contribution in [0.5, 0.6) is 5.75 Å².